The molecular weight excluding hydrogens is 262 g/mol. The van der Waals surface area contributed by atoms with Gasteiger partial charge in [0, 0.05) is 43.3 Å². The molecule has 2 N–H and O–H groups in total. The highest BCUT2D eigenvalue weighted by Crippen LogP contribution is 2.19. The molecule has 1 heterocycles. The van der Waals surface area contributed by atoms with Gasteiger partial charge in [0.1, 0.15) is 5.82 Å². The number of hydrogen-bond donors (Lipinski definition) is 2. The molecule has 0 unspecified atom stereocenters. The Morgan fingerprint density at radius 3 is 2.29 bits per heavy atom. The van der Waals surface area contributed by atoms with E-state index in [9.17, 15) is 0 Å². The van der Waals surface area contributed by atoms with Crippen LogP contribution in [0.5, 0.6) is 0 Å². The molecule has 0 saturated carbocycles. The zero-order valence-corrected chi connectivity index (χ0v) is 13.3. The second-order valence-corrected chi connectivity index (χ2v) is 5.58. The number of benzene rings is 1. The Balaban J connectivity index is 2.16. The van der Waals surface area contributed by atoms with Crippen LogP contribution in [0.15, 0.2) is 30.3 Å². The van der Waals surface area contributed by atoms with E-state index in [4.69, 9.17) is 0 Å². The first-order valence-electron chi connectivity index (χ1n) is 7.10. The molecule has 1 aromatic heterocycles. The van der Waals surface area contributed by atoms with Crippen LogP contribution in [-0.2, 0) is 0 Å². The molecule has 0 atom stereocenters. The molecule has 0 bridgehead atoms. The smallest absolute Gasteiger partial charge is 0.229 e. The monoisotopic (exact) mass is 285 g/mol. The summed E-state index contributed by atoms with van der Waals surface area (Å²) in [6.07, 6.45) is 0. The highest BCUT2D eigenvalue weighted by molar-refractivity contribution is 5.59. The lowest BCUT2D eigenvalue weighted by atomic mass is 10.2. The lowest BCUT2D eigenvalue weighted by Gasteiger charge is -2.14. The Hall–Kier alpha value is -2.30. The van der Waals surface area contributed by atoms with Gasteiger partial charge in [0.05, 0.1) is 0 Å². The topological polar surface area (TPSA) is 53.1 Å². The summed E-state index contributed by atoms with van der Waals surface area (Å²) in [5, 5.41) is 6.54. The number of hydrogen-bond acceptors (Lipinski definition) is 5. The van der Waals surface area contributed by atoms with E-state index in [1.165, 1.54) is 0 Å². The van der Waals surface area contributed by atoms with Crippen LogP contribution in [0.1, 0.15) is 19.5 Å². The fourth-order valence-electron chi connectivity index (χ4n) is 1.97. The Bertz CT molecular complexity index is 590. The zero-order chi connectivity index (χ0) is 15.4. The van der Waals surface area contributed by atoms with Crippen LogP contribution in [0.4, 0.5) is 23.1 Å². The first kappa shape index (κ1) is 15.1. The number of nitrogens with zero attached hydrogens (tertiary/aromatic N) is 3. The van der Waals surface area contributed by atoms with Crippen molar-refractivity contribution in [1.29, 1.82) is 0 Å². The van der Waals surface area contributed by atoms with Crippen molar-refractivity contribution in [2.24, 2.45) is 0 Å². The lowest BCUT2D eigenvalue weighted by molar-refractivity contribution is 0.885. The molecule has 0 aliphatic carbocycles. The Kier molecular flexibility index (Phi) is 4.62. The summed E-state index contributed by atoms with van der Waals surface area (Å²) in [4.78, 5) is 11.0. The minimum absolute atomic E-state index is 0.339. The van der Waals surface area contributed by atoms with Gasteiger partial charge in [0.25, 0.3) is 0 Å². The maximum absolute atomic E-state index is 4.48. The third-order valence-electron chi connectivity index (χ3n) is 2.93. The van der Waals surface area contributed by atoms with E-state index in [1.807, 2.05) is 39.2 Å². The third-order valence-corrected chi connectivity index (χ3v) is 2.93. The summed E-state index contributed by atoms with van der Waals surface area (Å²) in [6.45, 7) is 6.14. The van der Waals surface area contributed by atoms with E-state index in [0.29, 0.717) is 12.0 Å². The molecule has 0 aliphatic rings. The first-order valence-corrected chi connectivity index (χ1v) is 7.10. The molecule has 112 valence electrons. The summed E-state index contributed by atoms with van der Waals surface area (Å²) < 4.78 is 0. The van der Waals surface area contributed by atoms with Gasteiger partial charge >= 0.3 is 0 Å². The van der Waals surface area contributed by atoms with Gasteiger partial charge in [-0.05, 0) is 45.0 Å². The van der Waals surface area contributed by atoms with Gasteiger partial charge in [-0.25, -0.2) is 4.98 Å². The number of aromatic nitrogens is 2. The van der Waals surface area contributed by atoms with Crippen LogP contribution in [0.3, 0.4) is 0 Å². The largest absolute Gasteiger partial charge is 0.378 e. The number of nitrogens with one attached hydrogen (secondary N) is 2. The molecule has 0 aliphatic heterocycles. The van der Waals surface area contributed by atoms with Crippen molar-refractivity contribution < 1.29 is 0 Å². The van der Waals surface area contributed by atoms with E-state index in [2.05, 4.69) is 51.5 Å². The summed E-state index contributed by atoms with van der Waals surface area (Å²) >= 11 is 0. The minimum Gasteiger partial charge on any atom is -0.378 e. The number of aryl methyl sites for hydroxylation is 1. The maximum Gasteiger partial charge on any atom is 0.229 e. The van der Waals surface area contributed by atoms with Gasteiger partial charge in [-0.3, -0.25) is 0 Å². The number of anilines is 4. The molecule has 2 aromatic rings. The SMILES string of the molecule is Cc1cc(NC(C)C)nc(Nc2ccc(N(C)C)cc2)n1. The molecule has 2 rings (SSSR count). The molecule has 1 aromatic carbocycles. The fraction of sp³-hybridized carbons (Fsp3) is 0.375. The van der Waals surface area contributed by atoms with E-state index in [0.717, 1.165) is 22.9 Å². The van der Waals surface area contributed by atoms with Crippen LogP contribution in [-0.4, -0.2) is 30.1 Å². The van der Waals surface area contributed by atoms with Gasteiger partial charge < -0.3 is 15.5 Å². The van der Waals surface area contributed by atoms with Crippen molar-refractivity contribution in [3.05, 3.63) is 36.0 Å². The van der Waals surface area contributed by atoms with Crippen LogP contribution >= 0.6 is 0 Å². The molecule has 0 radical (unpaired) electrons. The second kappa shape index (κ2) is 6.43. The maximum atomic E-state index is 4.48. The molecular formula is C16H23N5. The lowest BCUT2D eigenvalue weighted by Crippen LogP contribution is -2.12. The van der Waals surface area contributed by atoms with Gasteiger partial charge in [0.2, 0.25) is 5.95 Å². The van der Waals surface area contributed by atoms with Gasteiger partial charge in [-0.2, -0.15) is 4.98 Å². The Labute approximate surface area is 126 Å². The van der Waals surface area contributed by atoms with Crippen molar-refractivity contribution >= 4 is 23.1 Å². The predicted octanol–water partition coefficient (Wildman–Crippen LogP) is 3.41. The normalized spacial score (nSPS) is 10.6. The van der Waals surface area contributed by atoms with Crippen molar-refractivity contribution in [2.45, 2.75) is 26.8 Å². The highest BCUT2D eigenvalue weighted by atomic mass is 15.1. The first-order chi connectivity index (χ1) is 9.94. The molecule has 0 fully saturated rings. The van der Waals surface area contributed by atoms with Crippen molar-refractivity contribution in [2.75, 3.05) is 29.6 Å². The molecule has 21 heavy (non-hydrogen) atoms. The minimum atomic E-state index is 0.339. The molecule has 5 nitrogen and oxygen atoms in total. The fourth-order valence-corrected chi connectivity index (χ4v) is 1.97. The van der Waals surface area contributed by atoms with E-state index < -0.39 is 0 Å². The van der Waals surface area contributed by atoms with Crippen LogP contribution < -0.4 is 15.5 Å². The van der Waals surface area contributed by atoms with Gasteiger partial charge in [0.15, 0.2) is 0 Å². The van der Waals surface area contributed by atoms with E-state index in [1.54, 1.807) is 0 Å². The van der Waals surface area contributed by atoms with Gasteiger partial charge in [-0.1, -0.05) is 0 Å². The van der Waals surface area contributed by atoms with Crippen molar-refractivity contribution in [3.8, 4) is 0 Å². The quantitative estimate of drug-likeness (QED) is 0.881. The van der Waals surface area contributed by atoms with Crippen LogP contribution in [0, 0.1) is 6.92 Å². The zero-order valence-electron chi connectivity index (χ0n) is 13.3. The van der Waals surface area contributed by atoms with Crippen LogP contribution in [0.2, 0.25) is 0 Å². The summed E-state index contributed by atoms with van der Waals surface area (Å²) in [6, 6.07) is 10.5. The Morgan fingerprint density at radius 1 is 1.05 bits per heavy atom. The van der Waals surface area contributed by atoms with Gasteiger partial charge in [-0.15, -0.1) is 0 Å². The van der Waals surface area contributed by atoms with Crippen molar-refractivity contribution in [3.63, 3.8) is 0 Å². The molecule has 5 heteroatoms. The summed E-state index contributed by atoms with van der Waals surface area (Å²) in [5.74, 6) is 1.45. The average molecular weight is 285 g/mol. The van der Waals surface area contributed by atoms with Crippen molar-refractivity contribution in [1.82, 2.24) is 9.97 Å². The molecule has 0 amide bonds. The Morgan fingerprint density at radius 2 is 1.71 bits per heavy atom. The standard InChI is InChI=1S/C16H23N5/c1-11(2)17-15-10-12(3)18-16(20-15)19-13-6-8-14(9-7-13)21(4)5/h6-11H,1-5H3,(H2,17,18,19,20). The average Bonchev–Trinajstić information content (AvgIpc) is 2.37. The third kappa shape index (κ3) is 4.34. The predicted molar refractivity (Wildman–Crippen MR) is 89.6 cm³/mol. The van der Waals surface area contributed by atoms with Crippen LogP contribution in [0.25, 0.3) is 0 Å². The summed E-state index contributed by atoms with van der Waals surface area (Å²) in [5.41, 5.74) is 3.06. The highest BCUT2D eigenvalue weighted by Gasteiger charge is 2.04. The van der Waals surface area contributed by atoms with E-state index >= 15 is 0 Å². The molecule has 0 saturated heterocycles. The number of rotatable bonds is 5. The second-order valence-electron chi connectivity index (χ2n) is 5.58. The van der Waals surface area contributed by atoms with E-state index in [-0.39, 0.29) is 0 Å². The molecule has 0 spiro atoms. The summed E-state index contributed by atoms with van der Waals surface area (Å²) in [7, 11) is 4.05.